The molecule has 0 radical (unpaired) electrons. The third-order valence-corrected chi connectivity index (χ3v) is 9.44. The number of carbonyl (C=O) groups is 1. The minimum atomic E-state index is -1.19. The van der Waals surface area contributed by atoms with Gasteiger partial charge in [-0.1, -0.05) is 46.3 Å². The van der Waals surface area contributed by atoms with E-state index in [1.165, 1.54) is 31.8 Å². The molecule has 0 amide bonds. The summed E-state index contributed by atoms with van der Waals surface area (Å²) in [5.74, 6) is 0.790. The van der Waals surface area contributed by atoms with E-state index in [2.05, 4.69) is 33.8 Å². The van der Waals surface area contributed by atoms with Crippen LogP contribution in [-0.2, 0) is 9.53 Å². The van der Waals surface area contributed by atoms with Gasteiger partial charge in [-0.3, -0.25) is 0 Å². The molecule has 1 heterocycles. The number of ether oxygens (including phenoxy) is 1. The van der Waals surface area contributed by atoms with E-state index < -0.39 is 17.9 Å². The van der Waals surface area contributed by atoms with Crippen LogP contribution in [0.4, 0.5) is 0 Å². The summed E-state index contributed by atoms with van der Waals surface area (Å²) in [4.78, 5) is 11.5. The van der Waals surface area contributed by atoms with Crippen molar-refractivity contribution in [2.75, 3.05) is 0 Å². The fraction of sp³-hybridized carbons (Fsp3) is 0.800. The van der Waals surface area contributed by atoms with Crippen molar-refractivity contribution in [1.82, 2.24) is 0 Å². The Morgan fingerprint density at radius 3 is 2.34 bits per heavy atom. The molecule has 1 aliphatic heterocycles. The summed E-state index contributed by atoms with van der Waals surface area (Å²) in [5, 5.41) is 21.3. The SMILES string of the molecule is CC1(C)CCC[C@]2(C)[C@H]3CC[C@@](C)(O)[C@H](/C=C/C4=CC(=O)OC4O)[C@]3(C)CC[C@@H]12. The van der Waals surface area contributed by atoms with Gasteiger partial charge in [-0.25, -0.2) is 4.79 Å². The number of aliphatic hydroxyl groups is 2. The van der Waals surface area contributed by atoms with Crippen LogP contribution in [0.2, 0.25) is 0 Å². The van der Waals surface area contributed by atoms with Crippen molar-refractivity contribution in [3.05, 3.63) is 23.8 Å². The van der Waals surface area contributed by atoms with Gasteiger partial charge >= 0.3 is 5.97 Å². The van der Waals surface area contributed by atoms with Crippen LogP contribution in [0.1, 0.15) is 79.6 Å². The Balaban J connectivity index is 1.69. The molecule has 29 heavy (non-hydrogen) atoms. The van der Waals surface area contributed by atoms with Crippen LogP contribution in [0.5, 0.6) is 0 Å². The number of fused-ring (bicyclic) bond motifs is 3. The lowest BCUT2D eigenvalue weighted by Crippen LogP contribution is -2.62. The molecule has 0 aromatic heterocycles. The summed E-state index contributed by atoms with van der Waals surface area (Å²) < 4.78 is 4.82. The number of cyclic esters (lactones) is 1. The Morgan fingerprint density at radius 2 is 1.69 bits per heavy atom. The molecule has 7 atom stereocenters. The van der Waals surface area contributed by atoms with Gasteiger partial charge in [0.25, 0.3) is 0 Å². The van der Waals surface area contributed by atoms with E-state index >= 15 is 0 Å². The van der Waals surface area contributed by atoms with Crippen LogP contribution in [0.25, 0.3) is 0 Å². The first-order valence-electron chi connectivity index (χ1n) is 11.4. The molecule has 0 spiro atoms. The zero-order valence-electron chi connectivity index (χ0n) is 18.7. The van der Waals surface area contributed by atoms with Gasteiger partial charge in [0.2, 0.25) is 6.29 Å². The van der Waals surface area contributed by atoms with Crippen molar-refractivity contribution in [2.24, 2.45) is 34.0 Å². The molecule has 4 aliphatic rings. The Kier molecular flexibility index (Phi) is 4.87. The second kappa shape index (κ2) is 6.68. The Morgan fingerprint density at radius 1 is 1.00 bits per heavy atom. The van der Waals surface area contributed by atoms with Crippen molar-refractivity contribution >= 4 is 5.97 Å². The second-order valence-electron chi connectivity index (χ2n) is 11.7. The third-order valence-electron chi connectivity index (χ3n) is 9.44. The van der Waals surface area contributed by atoms with Crippen molar-refractivity contribution in [3.63, 3.8) is 0 Å². The Hall–Kier alpha value is -1.13. The minimum Gasteiger partial charge on any atom is -0.428 e. The normalized spacial score (nSPS) is 49.3. The number of hydrogen-bond donors (Lipinski definition) is 2. The monoisotopic (exact) mass is 402 g/mol. The van der Waals surface area contributed by atoms with Crippen LogP contribution in [0.3, 0.4) is 0 Å². The quantitative estimate of drug-likeness (QED) is 0.654. The molecule has 4 heteroatoms. The molecular formula is C25H38O4. The zero-order chi connectivity index (χ0) is 21.2. The minimum absolute atomic E-state index is 0.00586. The number of esters is 1. The lowest BCUT2D eigenvalue weighted by molar-refractivity contribution is -0.198. The molecule has 2 N–H and O–H groups in total. The van der Waals surface area contributed by atoms with Gasteiger partial charge in [0.05, 0.1) is 5.60 Å². The topological polar surface area (TPSA) is 66.8 Å². The molecule has 4 nitrogen and oxygen atoms in total. The molecule has 3 fully saturated rings. The van der Waals surface area contributed by atoms with E-state index in [0.717, 1.165) is 25.2 Å². The van der Waals surface area contributed by atoms with Gasteiger partial charge in [-0.2, -0.15) is 0 Å². The summed E-state index contributed by atoms with van der Waals surface area (Å²) in [6.45, 7) is 11.8. The van der Waals surface area contributed by atoms with Crippen molar-refractivity contribution < 1.29 is 19.7 Å². The van der Waals surface area contributed by atoms with Crippen molar-refractivity contribution in [2.45, 2.75) is 91.5 Å². The lowest BCUT2D eigenvalue weighted by Gasteiger charge is -2.67. The summed E-state index contributed by atoms with van der Waals surface area (Å²) in [6, 6.07) is 0. The summed E-state index contributed by atoms with van der Waals surface area (Å²) in [5.41, 5.74) is 0.393. The number of rotatable bonds is 2. The first-order chi connectivity index (χ1) is 13.4. The van der Waals surface area contributed by atoms with Gasteiger partial charge in [-0.15, -0.1) is 0 Å². The van der Waals surface area contributed by atoms with Crippen molar-refractivity contribution in [1.29, 1.82) is 0 Å². The van der Waals surface area contributed by atoms with Crippen LogP contribution in [-0.4, -0.2) is 28.1 Å². The van der Waals surface area contributed by atoms with Gasteiger partial charge < -0.3 is 14.9 Å². The van der Waals surface area contributed by atoms with Gasteiger partial charge in [0, 0.05) is 17.6 Å². The van der Waals surface area contributed by atoms with Crippen molar-refractivity contribution in [3.8, 4) is 0 Å². The summed E-state index contributed by atoms with van der Waals surface area (Å²) >= 11 is 0. The maximum absolute atomic E-state index is 11.5. The lowest BCUT2D eigenvalue weighted by atomic mass is 9.38. The predicted octanol–water partition coefficient (Wildman–Crippen LogP) is 4.75. The molecule has 4 rings (SSSR count). The smallest absolute Gasteiger partial charge is 0.333 e. The van der Waals surface area contributed by atoms with Gasteiger partial charge in [-0.05, 0) is 73.5 Å². The fourth-order valence-corrected chi connectivity index (χ4v) is 8.20. The van der Waals surface area contributed by atoms with E-state index in [-0.39, 0.29) is 11.3 Å². The van der Waals surface area contributed by atoms with Crippen LogP contribution in [0.15, 0.2) is 23.8 Å². The fourth-order valence-electron chi connectivity index (χ4n) is 8.20. The maximum Gasteiger partial charge on any atom is 0.333 e. The van der Waals surface area contributed by atoms with Gasteiger partial charge in [0.15, 0.2) is 0 Å². The highest BCUT2D eigenvalue weighted by Gasteiger charge is 2.63. The van der Waals surface area contributed by atoms with E-state index in [0.29, 0.717) is 22.3 Å². The largest absolute Gasteiger partial charge is 0.428 e. The van der Waals surface area contributed by atoms with Crippen LogP contribution >= 0.6 is 0 Å². The predicted molar refractivity (Wildman–Crippen MR) is 113 cm³/mol. The average Bonchev–Trinajstić information content (AvgIpc) is 2.90. The highest BCUT2D eigenvalue weighted by Crippen LogP contribution is 2.69. The van der Waals surface area contributed by atoms with E-state index in [1.54, 1.807) is 0 Å². The molecule has 0 aromatic carbocycles. The van der Waals surface area contributed by atoms with Crippen LogP contribution in [0, 0.1) is 34.0 Å². The summed E-state index contributed by atoms with van der Waals surface area (Å²) in [6.07, 6.45) is 12.1. The highest BCUT2D eigenvalue weighted by molar-refractivity contribution is 5.86. The molecule has 0 bridgehead atoms. The number of carbonyl (C=O) groups excluding carboxylic acids is 1. The molecule has 3 saturated carbocycles. The highest BCUT2D eigenvalue weighted by atomic mass is 16.6. The molecule has 0 aromatic rings. The number of aliphatic hydroxyl groups excluding tert-OH is 1. The zero-order valence-corrected chi connectivity index (χ0v) is 18.7. The van der Waals surface area contributed by atoms with Crippen LogP contribution < -0.4 is 0 Å². The third kappa shape index (κ3) is 3.22. The summed E-state index contributed by atoms with van der Waals surface area (Å²) in [7, 11) is 0. The number of hydrogen-bond acceptors (Lipinski definition) is 4. The molecule has 1 unspecified atom stereocenters. The average molecular weight is 403 g/mol. The molecule has 162 valence electrons. The van der Waals surface area contributed by atoms with E-state index in [4.69, 9.17) is 4.74 Å². The second-order valence-corrected chi connectivity index (χ2v) is 11.7. The van der Waals surface area contributed by atoms with Gasteiger partial charge in [0.1, 0.15) is 0 Å². The maximum atomic E-state index is 11.5. The standard InChI is InChI=1S/C25H38O4/c1-22(2)11-6-12-23(3)17(22)9-13-24(4)18(23)10-14-25(5,28)19(24)8-7-16-15-20(26)29-21(16)27/h7-8,15,17-19,21,27-28H,6,9-14H2,1-5H3/b8-7+/t17-,18+,19+,21?,23-,24+,25+/m0/s1. The Labute approximate surface area is 175 Å². The molecular weight excluding hydrogens is 364 g/mol. The van der Waals surface area contributed by atoms with E-state index in [9.17, 15) is 15.0 Å². The first kappa shape index (κ1) is 21.1. The first-order valence-corrected chi connectivity index (χ1v) is 11.4. The van der Waals surface area contributed by atoms with E-state index in [1.807, 2.05) is 13.0 Å². The molecule has 0 saturated heterocycles. The Bertz CT molecular complexity index is 748. The molecule has 3 aliphatic carbocycles.